The molecule has 2 aromatic rings. The number of benzene rings is 1. The fourth-order valence-electron chi connectivity index (χ4n) is 2.96. The molecule has 0 unspecified atom stereocenters. The highest BCUT2D eigenvalue weighted by Crippen LogP contribution is 2.27. The number of ether oxygens (including phenoxy) is 1. The van der Waals surface area contributed by atoms with Gasteiger partial charge in [0.1, 0.15) is 12.3 Å². The summed E-state index contributed by atoms with van der Waals surface area (Å²) in [7, 11) is 0. The lowest BCUT2D eigenvalue weighted by molar-refractivity contribution is -0.121. The van der Waals surface area contributed by atoms with E-state index in [2.05, 4.69) is 26.2 Å². The molecule has 2 heterocycles. The molecule has 1 saturated heterocycles. The number of aryl methyl sites for hydroxylation is 1. The summed E-state index contributed by atoms with van der Waals surface area (Å²) in [5.74, 6) is -0.196. The third kappa shape index (κ3) is 4.55. The molecule has 1 amide bonds. The molecule has 1 aromatic carbocycles. The van der Waals surface area contributed by atoms with E-state index in [1.165, 1.54) is 10.8 Å². The number of nitrogens with one attached hydrogen (secondary N) is 2. The number of aliphatic hydroxyl groups is 1. The number of rotatable bonds is 5. The zero-order valence-electron chi connectivity index (χ0n) is 14.6. The highest BCUT2D eigenvalue weighted by molar-refractivity contribution is 9.10. The maximum atomic E-state index is 12.2. The summed E-state index contributed by atoms with van der Waals surface area (Å²) in [4.78, 5) is 37.8. The second kappa shape index (κ2) is 8.20. The van der Waals surface area contributed by atoms with Crippen LogP contribution in [0, 0.1) is 6.92 Å². The topological polar surface area (TPSA) is 113 Å². The van der Waals surface area contributed by atoms with Gasteiger partial charge < -0.3 is 15.2 Å². The largest absolute Gasteiger partial charge is 0.390 e. The third-order valence-corrected chi connectivity index (χ3v) is 5.24. The highest BCUT2D eigenvalue weighted by atomic mass is 79.9. The van der Waals surface area contributed by atoms with E-state index in [0.29, 0.717) is 5.56 Å². The Kier molecular flexibility index (Phi) is 5.93. The summed E-state index contributed by atoms with van der Waals surface area (Å²) in [6, 6.07) is 7.44. The minimum Gasteiger partial charge on any atom is -0.390 e. The first-order chi connectivity index (χ1) is 12.8. The molecule has 3 atom stereocenters. The first-order valence-electron chi connectivity index (χ1n) is 8.51. The smallest absolute Gasteiger partial charge is 0.330 e. The van der Waals surface area contributed by atoms with Gasteiger partial charge in [-0.25, -0.2) is 4.79 Å². The molecular weight excluding hydrogens is 418 g/mol. The number of amides is 1. The SMILES string of the molecule is Cc1cn([C@H]2C[C@H](O)[C@@H](CNC(=O)Cc3ccccc3Br)O2)c(=O)[nH]c1=O. The number of aromatic nitrogens is 2. The quantitative estimate of drug-likeness (QED) is 0.634. The Bertz CT molecular complexity index is 954. The molecule has 8 nitrogen and oxygen atoms in total. The van der Waals surface area contributed by atoms with E-state index < -0.39 is 29.7 Å². The van der Waals surface area contributed by atoms with Crippen molar-refractivity contribution in [3.05, 3.63) is 66.9 Å². The van der Waals surface area contributed by atoms with Gasteiger partial charge in [0.2, 0.25) is 5.91 Å². The Hall–Kier alpha value is -2.23. The van der Waals surface area contributed by atoms with Gasteiger partial charge >= 0.3 is 5.69 Å². The predicted molar refractivity (Wildman–Crippen MR) is 101 cm³/mol. The Labute approximate surface area is 163 Å². The summed E-state index contributed by atoms with van der Waals surface area (Å²) < 4.78 is 7.83. The summed E-state index contributed by atoms with van der Waals surface area (Å²) in [5, 5.41) is 13.0. The average Bonchev–Trinajstić information content (AvgIpc) is 2.99. The number of nitrogens with zero attached hydrogens (tertiary/aromatic N) is 1. The van der Waals surface area contributed by atoms with Gasteiger partial charge in [-0.3, -0.25) is 19.1 Å². The Morgan fingerprint density at radius 3 is 2.89 bits per heavy atom. The summed E-state index contributed by atoms with van der Waals surface area (Å²) >= 11 is 3.40. The molecule has 1 aliphatic rings. The maximum absolute atomic E-state index is 12.2. The second-order valence-electron chi connectivity index (χ2n) is 6.48. The standard InChI is InChI=1S/C18H20BrN3O5/c1-10-9-22(18(26)21-17(10)25)16-7-13(23)14(27-16)8-20-15(24)6-11-4-2-3-5-12(11)19/h2-5,9,13-14,16,23H,6-8H2,1H3,(H,20,24)(H,21,25,26)/t13-,14+,16+/m0/s1. The van der Waals surface area contributed by atoms with Crippen molar-refractivity contribution in [1.82, 2.24) is 14.9 Å². The van der Waals surface area contributed by atoms with Gasteiger partial charge in [0.15, 0.2) is 0 Å². The van der Waals surface area contributed by atoms with Gasteiger partial charge in [-0.2, -0.15) is 0 Å². The van der Waals surface area contributed by atoms with Crippen LogP contribution in [-0.4, -0.2) is 39.3 Å². The maximum Gasteiger partial charge on any atom is 0.330 e. The fourth-order valence-corrected chi connectivity index (χ4v) is 3.39. The first-order valence-corrected chi connectivity index (χ1v) is 9.30. The fraction of sp³-hybridized carbons (Fsp3) is 0.389. The number of aliphatic hydroxyl groups excluding tert-OH is 1. The zero-order chi connectivity index (χ0) is 19.6. The monoisotopic (exact) mass is 437 g/mol. The van der Waals surface area contributed by atoms with E-state index in [-0.39, 0.29) is 25.3 Å². The Balaban J connectivity index is 1.60. The third-order valence-electron chi connectivity index (χ3n) is 4.47. The summed E-state index contributed by atoms with van der Waals surface area (Å²) in [6.07, 6.45) is -0.377. The van der Waals surface area contributed by atoms with Crippen LogP contribution in [0.4, 0.5) is 0 Å². The normalized spacial score (nSPS) is 22.0. The van der Waals surface area contributed by atoms with Crippen molar-refractivity contribution < 1.29 is 14.6 Å². The van der Waals surface area contributed by atoms with E-state index in [0.717, 1.165) is 10.0 Å². The number of H-pyrrole nitrogens is 1. The van der Waals surface area contributed by atoms with E-state index >= 15 is 0 Å². The van der Waals surface area contributed by atoms with Crippen molar-refractivity contribution in [3.63, 3.8) is 0 Å². The van der Waals surface area contributed by atoms with Crippen molar-refractivity contribution in [2.75, 3.05) is 6.54 Å². The molecule has 0 radical (unpaired) electrons. The van der Waals surface area contributed by atoms with Crippen LogP contribution in [-0.2, 0) is 16.0 Å². The molecular formula is C18H20BrN3O5. The zero-order valence-corrected chi connectivity index (χ0v) is 16.2. The van der Waals surface area contributed by atoms with Crippen LogP contribution in [0.15, 0.2) is 44.5 Å². The van der Waals surface area contributed by atoms with Gasteiger partial charge in [-0.15, -0.1) is 0 Å². The van der Waals surface area contributed by atoms with Crippen molar-refractivity contribution in [3.8, 4) is 0 Å². The van der Waals surface area contributed by atoms with E-state index in [1.807, 2.05) is 24.3 Å². The molecule has 9 heteroatoms. The van der Waals surface area contributed by atoms with Crippen molar-refractivity contribution >= 4 is 21.8 Å². The number of carbonyl (C=O) groups excluding carboxylic acids is 1. The molecule has 0 aliphatic carbocycles. The van der Waals surface area contributed by atoms with Crippen LogP contribution < -0.4 is 16.6 Å². The number of halogens is 1. The van der Waals surface area contributed by atoms with Crippen molar-refractivity contribution in [2.24, 2.45) is 0 Å². The Morgan fingerprint density at radius 1 is 1.41 bits per heavy atom. The number of carbonyl (C=O) groups is 1. The molecule has 3 N–H and O–H groups in total. The van der Waals surface area contributed by atoms with Gasteiger partial charge in [-0.1, -0.05) is 34.1 Å². The van der Waals surface area contributed by atoms with E-state index in [4.69, 9.17) is 4.74 Å². The molecule has 0 bridgehead atoms. The first kappa shape index (κ1) is 19.5. The molecule has 27 heavy (non-hydrogen) atoms. The van der Waals surface area contributed by atoms with Gasteiger partial charge in [0, 0.05) is 29.2 Å². The number of aromatic amines is 1. The second-order valence-corrected chi connectivity index (χ2v) is 7.34. The average molecular weight is 438 g/mol. The van der Waals surface area contributed by atoms with Crippen molar-refractivity contribution in [1.29, 1.82) is 0 Å². The van der Waals surface area contributed by atoms with Crippen LogP contribution in [0.3, 0.4) is 0 Å². The van der Waals surface area contributed by atoms with E-state index in [1.54, 1.807) is 6.92 Å². The molecule has 0 saturated carbocycles. The van der Waals surface area contributed by atoms with Crippen molar-refractivity contribution in [2.45, 2.75) is 38.2 Å². The number of hydrogen-bond donors (Lipinski definition) is 3. The summed E-state index contributed by atoms with van der Waals surface area (Å²) in [6.45, 7) is 1.71. The molecule has 1 aromatic heterocycles. The lowest BCUT2D eigenvalue weighted by atomic mass is 10.1. The van der Waals surface area contributed by atoms with Gasteiger partial charge in [0.25, 0.3) is 5.56 Å². The predicted octanol–water partition coefficient (Wildman–Crippen LogP) is 0.615. The number of hydrogen-bond acceptors (Lipinski definition) is 5. The van der Waals surface area contributed by atoms with Crippen LogP contribution in [0.1, 0.15) is 23.8 Å². The highest BCUT2D eigenvalue weighted by Gasteiger charge is 2.35. The molecule has 3 rings (SSSR count). The molecule has 1 fully saturated rings. The van der Waals surface area contributed by atoms with Gasteiger partial charge in [-0.05, 0) is 18.6 Å². The van der Waals surface area contributed by atoms with Crippen LogP contribution in [0.2, 0.25) is 0 Å². The summed E-state index contributed by atoms with van der Waals surface area (Å²) in [5.41, 5.74) is 0.181. The molecule has 0 spiro atoms. The van der Waals surface area contributed by atoms with Crippen LogP contribution in [0.25, 0.3) is 0 Å². The minimum atomic E-state index is -0.835. The molecule has 1 aliphatic heterocycles. The van der Waals surface area contributed by atoms with E-state index in [9.17, 15) is 19.5 Å². The molecule has 144 valence electrons. The lowest BCUT2D eigenvalue weighted by Crippen LogP contribution is -2.38. The van der Waals surface area contributed by atoms with Crippen LogP contribution >= 0.6 is 15.9 Å². The Morgan fingerprint density at radius 2 is 2.15 bits per heavy atom. The van der Waals surface area contributed by atoms with Crippen LogP contribution in [0.5, 0.6) is 0 Å². The van der Waals surface area contributed by atoms with Gasteiger partial charge in [0.05, 0.1) is 12.5 Å². The minimum absolute atomic E-state index is 0.123. The lowest BCUT2D eigenvalue weighted by Gasteiger charge is -2.17.